The monoisotopic (exact) mass is 331 g/mol. The van der Waals surface area contributed by atoms with Crippen molar-refractivity contribution in [1.82, 2.24) is 0 Å². The molecule has 0 aliphatic carbocycles. The molecular weight excluding hydrogens is 321 g/mol. The van der Waals surface area contributed by atoms with Gasteiger partial charge in [-0.1, -0.05) is 0 Å². The zero-order chi connectivity index (χ0) is 13.5. The van der Waals surface area contributed by atoms with Crippen LogP contribution in [0.25, 0.3) is 0 Å². The van der Waals surface area contributed by atoms with E-state index in [-0.39, 0.29) is 17.1 Å². The van der Waals surface area contributed by atoms with Crippen molar-refractivity contribution in [3.05, 3.63) is 60.7 Å². The van der Waals surface area contributed by atoms with Crippen molar-refractivity contribution in [2.75, 3.05) is 0 Å². The molecule has 0 heterocycles. The summed E-state index contributed by atoms with van der Waals surface area (Å²) in [7, 11) is -10.7. The fourth-order valence-corrected chi connectivity index (χ4v) is 0.642. The van der Waals surface area contributed by atoms with Crippen LogP contribution < -0.4 is 0 Å². The van der Waals surface area contributed by atoms with E-state index in [9.17, 15) is 25.2 Å². The summed E-state index contributed by atoms with van der Waals surface area (Å²) in [6, 6.07) is 20.0. The average Bonchev–Trinajstić information content (AvgIpc) is 2.78. The molecule has 0 aliphatic heterocycles. The van der Waals surface area contributed by atoms with Crippen LogP contribution in [0.5, 0.6) is 0 Å². The largest absolute Gasteiger partial charge is 0.748 e. The molecule has 0 aromatic heterocycles. The third-order valence-electron chi connectivity index (χ3n) is 1.11. The van der Waals surface area contributed by atoms with E-state index in [1.165, 1.54) is 0 Å². The van der Waals surface area contributed by atoms with Crippen LogP contribution in [-0.4, -0.2) is 0 Å². The Morgan fingerprint density at radius 1 is 0.611 bits per heavy atom. The minimum atomic E-state index is -10.7. The second-order valence-electron chi connectivity index (χ2n) is 2.88. The number of halogens is 6. The Bertz CT molecular complexity index is 302. The molecule has 0 unspecified atom stereocenters. The Kier molecular flexibility index (Phi) is 6.97. The second-order valence-corrected chi connectivity index (χ2v) is 4.80. The molecule has 0 saturated heterocycles. The Hall–Kier alpha value is -0.771. The van der Waals surface area contributed by atoms with Gasteiger partial charge in [0.05, 0.1) is 0 Å². The zero-order valence-corrected chi connectivity index (χ0v) is 10.8. The van der Waals surface area contributed by atoms with Gasteiger partial charge in [0.1, 0.15) is 0 Å². The van der Waals surface area contributed by atoms with Crippen LogP contribution >= 0.6 is 7.81 Å². The van der Waals surface area contributed by atoms with Crippen molar-refractivity contribution in [2.45, 2.75) is 0 Å². The van der Waals surface area contributed by atoms with Crippen LogP contribution in [0, 0.1) is 0 Å². The zero-order valence-electron chi connectivity index (χ0n) is 8.84. The van der Waals surface area contributed by atoms with Gasteiger partial charge in [-0.25, -0.2) is 12.1 Å². The molecule has 0 bridgehead atoms. The third kappa shape index (κ3) is 36.2. The van der Waals surface area contributed by atoms with Crippen LogP contribution in [0.15, 0.2) is 60.7 Å². The maximum absolute atomic E-state index is 10.7. The first kappa shape index (κ1) is 19.6. The maximum atomic E-state index is 9.87. The van der Waals surface area contributed by atoms with Gasteiger partial charge in [-0.2, -0.15) is 18.2 Å². The molecule has 2 rings (SSSR count). The van der Waals surface area contributed by atoms with Gasteiger partial charge in [0, 0.05) is 17.1 Å². The van der Waals surface area contributed by atoms with E-state index in [1.54, 1.807) is 0 Å². The summed E-state index contributed by atoms with van der Waals surface area (Å²) in [5.41, 5.74) is 0. The van der Waals surface area contributed by atoms with Crippen molar-refractivity contribution in [2.24, 2.45) is 0 Å². The van der Waals surface area contributed by atoms with Crippen molar-refractivity contribution in [1.29, 1.82) is 0 Å². The molecule has 18 heavy (non-hydrogen) atoms. The van der Waals surface area contributed by atoms with Crippen LogP contribution in [0.2, 0.25) is 0 Å². The smallest absolute Gasteiger partial charge is 0 e. The van der Waals surface area contributed by atoms with Crippen molar-refractivity contribution < 1.29 is 42.3 Å². The molecule has 0 nitrogen and oxygen atoms in total. The second kappa shape index (κ2) is 6.41. The van der Waals surface area contributed by atoms with Crippen LogP contribution in [0.1, 0.15) is 0 Å². The maximum Gasteiger partial charge on any atom is 0 e. The molecular formula is C10H10F6FeP-7. The standard InChI is InChI=1S/2C5H5.F6P.Fe/c2*1-2-4-5-3-1;1-7(2,3,4,5)6;/h2*1-5H;;/q-5;2*-1;. The molecule has 2 aromatic carbocycles. The third-order valence-corrected chi connectivity index (χ3v) is 1.11. The van der Waals surface area contributed by atoms with E-state index in [4.69, 9.17) is 0 Å². The molecule has 0 saturated carbocycles. The first-order valence-electron chi connectivity index (χ1n) is 4.35. The number of hydrogen-bond donors (Lipinski definition) is 0. The van der Waals surface area contributed by atoms with Gasteiger partial charge in [0.15, 0.2) is 0 Å². The Balaban J connectivity index is 0. The minimum absolute atomic E-state index is 0. The van der Waals surface area contributed by atoms with E-state index in [0.717, 1.165) is 0 Å². The Morgan fingerprint density at radius 2 is 0.833 bits per heavy atom. The Labute approximate surface area is 111 Å². The predicted molar refractivity (Wildman–Crippen MR) is 57.6 cm³/mol. The van der Waals surface area contributed by atoms with E-state index in [0.29, 0.717) is 0 Å². The summed E-state index contributed by atoms with van der Waals surface area (Å²) in [6.45, 7) is 0. The van der Waals surface area contributed by atoms with Gasteiger partial charge >= 0.3 is 33.0 Å². The van der Waals surface area contributed by atoms with Crippen LogP contribution in [0.4, 0.5) is 25.2 Å². The van der Waals surface area contributed by atoms with Gasteiger partial charge < -0.3 is 30.3 Å². The first-order chi connectivity index (χ1) is 7.45. The number of hydrogen-bond acceptors (Lipinski definition) is 0. The molecule has 0 N–H and O–H groups in total. The molecule has 0 amide bonds. The summed E-state index contributed by atoms with van der Waals surface area (Å²) in [5.74, 6) is 0. The molecule has 0 fully saturated rings. The van der Waals surface area contributed by atoms with E-state index in [1.807, 2.05) is 60.7 Å². The summed E-state index contributed by atoms with van der Waals surface area (Å²) < 4.78 is 59.2. The average molecular weight is 331 g/mol. The van der Waals surface area contributed by atoms with Crippen molar-refractivity contribution in [3.63, 3.8) is 0 Å². The molecule has 0 atom stereocenters. The Morgan fingerprint density at radius 3 is 0.944 bits per heavy atom. The molecule has 2 aromatic rings. The molecule has 0 radical (unpaired) electrons. The molecule has 0 aliphatic rings. The topological polar surface area (TPSA) is 0 Å². The molecule has 112 valence electrons. The normalized spacial score (nSPS) is 13.4. The number of rotatable bonds is 0. The van der Waals surface area contributed by atoms with Gasteiger partial charge in [-0.3, -0.25) is 0 Å². The SMILES string of the molecule is F[P-](F)(F)(F)(F)F.[Fe].[cH-]1[cH-][cH-][cH-][cH-]1.c1cc[cH-]c1. The summed E-state index contributed by atoms with van der Waals surface area (Å²) >= 11 is 0. The fourth-order valence-electron chi connectivity index (χ4n) is 0.642. The van der Waals surface area contributed by atoms with Gasteiger partial charge in [0.2, 0.25) is 0 Å². The predicted octanol–water partition coefficient (Wildman–Crippen LogP) is 6.19. The molecule has 8 heteroatoms. The van der Waals surface area contributed by atoms with E-state index in [2.05, 4.69) is 0 Å². The molecule has 0 spiro atoms. The fraction of sp³-hybridized carbons (Fsp3) is 0. The first-order valence-corrected chi connectivity index (χ1v) is 6.38. The van der Waals surface area contributed by atoms with Gasteiger partial charge in [-0.15, -0.1) is 0 Å². The van der Waals surface area contributed by atoms with Gasteiger partial charge in [0.25, 0.3) is 0 Å². The van der Waals surface area contributed by atoms with Crippen LogP contribution in [0.3, 0.4) is 0 Å². The van der Waals surface area contributed by atoms with Gasteiger partial charge in [-0.05, 0) is 0 Å². The minimum Gasteiger partial charge on any atom is -0.748 e. The van der Waals surface area contributed by atoms with Crippen molar-refractivity contribution >= 4 is 7.81 Å². The summed E-state index contributed by atoms with van der Waals surface area (Å²) in [4.78, 5) is 0. The van der Waals surface area contributed by atoms with E-state index < -0.39 is 7.81 Å². The van der Waals surface area contributed by atoms with E-state index >= 15 is 0 Å². The quantitative estimate of drug-likeness (QED) is 0.234. The summed E-state index contributed by atoms with van der Waals surface area (Å²) in [6.07, 6.45) is 0. The van der Waals surface area contributed by atoms with Crippen molar-refractivity contribution in [3.8, 4) is 0 Å². The van der Waals surface area contributed by atoms with Crippen LogP contribution in [-0.2, 0) is 17.1 Å². The summed E-state index contributed by atoms with van der Waals surface area (Å²) in [5, 5.41) is 0.